The van der Waals surface area contributed by atoms with Gasteiger partial charge in [-0.15, -0.1) is 0 Å². The molecule has 0 aromatic heterocycles. The monoisotopic (exact) mass is 405 g/mol. The largest absolute Gasteiger partial charge is 0.291 e. The molecule has 0 unspecified atom stereocenters. The van der Waals surface area contributed by atoms with Gasteiger partial charge in [0.05, 0.1) is 19.0 Å². The van der Waals surface area contributed by atoms with Gasteiger partial charge in [-0.05, 0) is 28.8 Å². The summed E-state index contributed by atoms with van der Waals surface area (Å²) in [5.41, 5.74) is 2.20. The molecular weight excluding hydrogens is 392 g/mol. The zero-order chi connectivity index (χ0) is 19.6. The number of carbonyl (C=O) groups excluding carboxylic acids is 3. The van der Waals surface area contributed by atoms with Crippen LogP contribution in [-0.4, -0.2) is 22.5 Å². The Morgan fingerprint density at radius 2 is 1.63 bits per heavy atom. The summed E-state index contributed by atoms with van der Waals surface area (Å²) in [7, 11) is 0. The predicted octanol–water partition coefficient (Wildman–Crippen LogP) is 4.27. The second-order valence-electron chi connectivity index (χ2n) is 6.06. The van der Waals surface area contributed by atoms with Gasteiger partial charge in [-0.3, -0.25) is 19.3 Å². The number of carbonyl (C=O) groups is 3. The molecule has 0 atom stereocenters. The van der Waals surface area contributed by atoms with Gasteiger partial charge in [0, 0.05) is 16.5 Å². The molecule has 0 N–H and O–H groups in total. The first-order valence-corrected chi connectivity index (χ1v) is 8.87. The van der Waals surface area contributed by atoms with E-state index in [9.17, 15) is 18.8 Å². The zero-order valence-electron chi connectivity index (χ0n) is 14.0. The number of rotatable bonds is 4. The lowest BCUT2D eigenvalue weighted by molar-refractivity contribution is -0.143. The summed E-state index contributed by atoms with van der Waals surface area (Å²) in [6, 6.07) is 12.4. The van der Waals surface area contributed by atoms with Crippen molar-refractivity contribution < 1.29 is 18.8 Å². The van der Waals surface area contributed by atoms with Crippen LogP contribution in [0.25, 0.3) is 0 Å². The molecule has 0 saturated carbocycles. The van der Waals surface area contributed by atoms with Crippen molar-refractivity contribution in [2.24, 2.45) is 0 Å². The van der Waals surface area contributed by atoms with E-state index in [-0.39, 0.29) is 6.42 Å². The molecule has 0 spiro atoms. The molecule has 1 heterocycles. The summed E-state index contributed by atoms with van der Waals surface area (Å²) in [6.45, 7) is 0. The molecule has 0 saturated heterocycles. The number of nitrogens with zero attached hydrogens (tertiary/aromatic N) is 1. The number of halogens is 3. The minimum Gasteiger partial charge on any atom is -0.291 e. The second kappa shape index (κ2) is 8.03. The number of hydrogen-bond donors (Lipinski definition) is 0. The first kappa shape index (κ1) is 19.3. The van der Waals surface area contributed by atoms with Crippen molar-refractivity contribution in [3.8, 4) is 0 Å². The van der Waals surface area contributed by atoms with Crippen molar-refractivity contribution in [2.75, 3.05) is 0 Å². The Morgan fingerprint density at radius 1 is 1.00 bits per heavy atom. The number of ketones is 1. The average molecular weight is 406 g/mol. The first-order valence-electron chi connectivity index (χ1n) is 8.12. The Hall–Kier alpha value is -2.50. The third kappa shape index (κ3) is 4.26. The molecular formula is C20H14Cl2FNO3. The summed E-state index contributed by atoms with van der Waals surface area (Å²) in [5.74, 6) is -3.37. The Morgan fingerprint density at radius 3 is 2.30 bits per heavy atom. The number of amides is 2. The third-order valence-electron chi connectivity index (χ3n) is 4.25. The van der Waals surface area contributed by atoms with Crippen molar-refractivity contribution in [1.29, 1.82) is 0 Å². The van der Waals surface area contributed by atoms with E-state index >= 15 is 0 Å². The molecule has 0 bridgehead atoms. The van der Waals surface area contributed by atoms with Crippen LogP contribution in [-0.2, 0) is 27.2 Å². The molecule has 0 radical (unpaired) electrons. The maximum absolute atomic E-state index is 13.5. The van der Waals surface area contributed by atoms with Crippen LogP contribution in [0.1, 0.15) is 23.1 Å². The van der Waals surface area contributed by atoms with Crippen LogP contribution in [0.5, 0.6) is 0 Å². The highest BCUT2D eigenvalue weighted by Gasteiger charge is 2.30. The van der Waals surface area contributed by atoms with Crippen LogP contribution in [0.3, 0.4) is 0 Å². The Labute approximate surface area is 165 Å². The maximum Gasteiger partial charge on any atom is 0.241 e. The summed E-state index contributed by atoms with van der Waals surface area (Å²) in [5, 5.41) is 1.02. The molecule has 0 aliphatic carbocycles. The van der Waals surface area contributed by atoms with Gasteiger partial charge in [0.2, 0.25) is 17.6 Å². The number of allylic oxidation sites excluding steroid dienone is 1. The van der Waals surface area contributed by atoms with Gasteiger partial charge < -0.3 is 0 Å². The van der Waals surface area contributed by atoms with Crippen LogP contribution >= 0.6 is 23.2 Å². The summed E-state index contributed by atoms with van der Waals surface area (Å²) in [4.78, 5) is 36.3. The van der Waals surface area contributed by atoms with Crippen molar-refractivity contribution in [3.05, 3.63) is 81.2 Å². The van der Waals surface area contributed by atoms with Crippen LogP contribution in [0.15, 0.2) is 54.5 Å². The standard InChI is InChI=1S/C20H14Cl2FNO3/c21-15-6-3-7-16(22)14(15)8-12-4-1-2-5-13(12)9-19(26)24-11-17(23)18(25)10-20(24)27/h1-7,11H,8-10H2. The number of hydrogen-bond acceptors (Lipinski definition) is 3. The van der Waals surface area contributed by atoms with Gasteiger partial charge >= 0.3 is 0 Å². The van der Waals surface area contributed by atoms with E-state index in [2.05, 4.69) is 0 Å². The normalized spacial score (nSPS) is 14.3. The van der Waals surface area contributed by atoms with Crippen LogP contribution in [0.2, 0.25) is 10.0 Å². The van der Waals surface area contributed by atoms with Gasteiger partial charge in [0.15, 0.2) is 5.83 Å². The lowest BCUT2D eigenvalue weighted by atomic mass is 9.97. The van der Waals surface area contributed by atoms with E-state index in [0.717, 1.165) is 11.1 Å². The Kier molecular flexibility index (Phi) is 5.73. The fourth-order valence-electron chi connectivity index (χ4n) is 2.82. The molecule has 2 aromatic carbocycles. The van der Waals surface area contributed by atoms with E-state index in [1.54, 1.807) is 30.3 Å². The maximum atomic E-state index is 13.5. The van der Waals surface area contributed by atoms with E-state index in [4.69, 9.17) is 23.2 Å². The molecule has 1 aliphatic heterocycles. The number of Topliss-reactive ketones (excluding diaryl/α,β-unsaturated/α-hetero) is 1. The molecule has 27 heavy (non-hydrogen) atoms. The summed E-state index contributed by atoms with van der Waals surface area (Å²) < 4.78 is 13.5. The zero-order valence-corrected chi connectivity index (χ0v) is 15.6. The van der Waals surface area contributed by atoms with Crippen molar-refractivity contribution in [1.82, 2.24) is 4.90 Å². The van der Waals surface area contributed by atoms with E-state index < -0.39 is 29.8 Å². The van der Waals surface area contributed by atoms with Gasteiger partial charge in [-0.2, -0.15) is 0 Å². The topological polar surface area (TPSA) is 54.5 Å². The molecule has 4 nitrogen and oxygen atoms in total. The first-order chi connectivity index (χ1) is 12.9. The van der Waals surface area contributed by atoms with Gasteiger partial charge in [0.25, 0.3) is 0 Å². The molecule has 2 aromatic rings. The van der Waals surface area contributed by atoms with E-state index in [0.29, 0.717) is 33.1 Å². The average Bonchev–Trinajstić information content (AvgIpc) is 2.62. The summed E-state index contributed by atoms with van der Waals surface area (Å²) in [6.07, 6.45) is 0.287. The highest BCUT2D eigenvalue weighted by atomic mass is 35.5. The number of benzene rings is 2. The second-order valence-corrected chi connectivity index (χ2v) is 6.87. The SMILES string of the molecule is O=C1CC(=O)N(C(=O)Cc2ccccc2Cc2c(Cl)cccc2Cl)C=C1F. The van der Waals surface area contributed by atoms with Crippen molar-refractivity contribution in [3.63, 3.8) is 0 Å². The quantitative estimate of drug-likeness (QED) is 0.713. The Balaban J connectivity index is 1.85. The number of imide groups is 1. The van der Waals surface area contributed by atoms with Crippen LogP contribution in [0, 0.1) is 0 Å². The lowest BCUT2D eigenvalue weighted by Crippen LogP contribution is -2.38. The van der Waals surface area contributed by atoms with E-state index in [1.807, 2.05) is 12.1 Å². The molecule has 3 rings (SSSR count). The van der Waals surface area contributed by atoms with Gasteiger partial charge in [-0.25, -0.2) is 4.39 Å². The van der Waals surface area contributed by atoms with Crippen molar-refractivity contribution >= 4 is 40.8 Å². The fraction of sp³-hybridized carbons (Fsp3) is 0.150. The van der Waals surface area contributed by atoms with E-state index in [1.165, 1.54) is 0 Å². The van der Waals surface area contributed by atoms with Crippen LogP contribution in [0.4, 0.5) is 4.39 Å². The molecule has 0 fully saturated rings. The lowest BCUT2D eigenvalue weighted by Gasteiger charge is -2.20. The van der Waals surface area contributed by atoms with Gasteiger partial charge in [-0.1, -0.05) is 53.5 Å². The van der Waals surface area contributed by atoms with Gasteiger partial charge in [0.1, 0.15) is 0 Å². The molecule has 2 amide bonds. The molecule has 138 valence electrons. The highest BCUT2D eigenvalue weighted by Crippen LogP contribution is 2.28. The van der Waals surface area contributed by atoms with Crippen LogP contribution < -0.4 is 0 Å². The molecule has 7 heteroatoms. The van der Waals surface area contributed by atoms with Crippen molar-refractivity contribution in [2.45, 2.75) is 19.3 Å². The Bertz CT molecular complexity index is 951. The minimum atomic E-state index is -1.10. The minimum absolute atomic E-state index is 0.123. The summed E-state index contributed by atoms with van der Waals surface area (Å²) >= 11 is 12.4. The predicted molar refractivity (Wildman–Crippen MR) is 100 cm³/mol. The third-order valence-corrected chi connectivity index (χ3v) is 4.96. The fourth-order valence-corrected chi connectivity index (χ4v) is 3.35. The smallest absolute Gasteiger partial charge is 0.241 e. The molecule has 1 aliphatic rings. The highest BCUT2D eigenvalue weighted by molar-refractivity contribution is 6.36.